The molecular formula is C6H7N5O2S. The van der Waals surface area contributed by atoms with Gasteiger partial charge in [0.25, 0.3) is 5.95 Å². The van der Waals surface area contributed by atoms with Crippen LogP contribution in [0.15, 0.2) is 18.3 Å². The lowest BCUT2D eigenvalue weighted by Gasteiger charge is -1.98. The number of rotatable bonds is 2. The minimum atomic E-state index is -3.35. The van der Waals surface area contributed by atoms with Crippen molar-refractivity contribution in [2.45, 2.75) is 0 Å². The van der Waals surface area contributed by atoms with Crippen LogP contribution in [0.2, 0.25) is 0 Å². The molecule has 2 rings (SSSR count). The fraction of sp³-hybridized carbons (Fsp3) is 0.167. The molecule has 8 heteroatoms. The third-order valence-electron chi connectivity index (χ3n) is 1.45. The molecule has 0 fully saturated rings. The van der Waals surface area contributed by atoms with Gasteiger partial charge >= 0.3 is 0 Å². The van der Waals surface area contributed by atoms with E-state index >= 15 is 0 Å². The molecule has 0 spiro atoms. The summed E-state index contributed by atoms with van der Waals surface area (Å²) in [6.07, 6.45) is 2.56. The van der Waals surface area contributed by atoms with Crippen LogP contribution >= 0.6 is 0 Å². The Bertz CT molecular complexity index is 560. The molecule has 0 aliphatic heterocycles. The maximum absolute atomic E-state index is 10.9. The molecule has 2 heterocycles. The molecule has 0 aliphatic rings. The lowest BCUT2D eigenvalue weighted by molar-refractivity contribution is 0.606. The fourth-order valence-corrected chi connectivity index (χ4v) is 1.43. The summed E-state index contributed by atoms with van der Waals surface area (Å²) in [4.78, 5) is 0. The first-order valence-electron chi connectivity index (χ1n) is 3.70. The minimum absolute atomic E-state index is 0.0862. The lowest BCUT2D eigenvalue weighted by atomic mass is 10.6. The van der Waals surface area contributed by atoms with Crippen molar-refractivity contribution in [1.82, 2.24) is 19.8 Å². The molecule has 0 bridgehead atoms. The van der Waals surface area contributed by atoms with Crippen LogP contribution in [0.5, 0.6) is 0 Å². The molecule has 7 nitrogen and oxygen atoms in total. The second-order valence-corrected chi connectivity index (χ2v) is 4.44. The van der Waals surface area contributed by atoms with Crippen molar-refractivity contribution in [2.24, 2.45) is 0 Å². The van der Waals surface area contributed by atoms with Crippen molar-refractivity contribution < 1.29 is 8.42 Å². The second kappa shape index (κ2) is 2.91. The summed E-state index contributed by atoms with van der Waals surface area (Å²) in [5.41, 5.74) is 0.485. The van der Waals surface area contributed by atoms with Gasteiger partial charge in [-0.1, -0.05) is 0 Å². The molecular weight excluding hydrogens is 206 g/mol. The largest absolute Gasteiger partial charge is 0.259 e. The van der Waals surface area contributed by atoms with E-state index in [1.165, 1.54) is 10.7 Å². The van der Waals surface area contributed by atoms with Crippen molar-refractivity contribution in [3.05, 3.63) is 18.3 Å². The van der Waals surface area contributed by atoms with Gasteiger partial charge in [-0.2, -0.15) is 9.61 Å². The number of nitrogens with zero attached hydrogens (tertiary/aromatic N) is 4. The van der Waals surface area contributed by atoms with Crippen LogP contribution in [0, 0.1) is 0 Å². The number of nitrogens with one attached hydrogen (secondary N) is 1. The number of anilines is 1. The van der Waals surface area contributed by atoms with Crippen LogP contribution in [0.25, 0.3) is 5.65 Å². The summed E-state index contributed by atoms with van der Waals surface area (Å²) in [7, 11) is -3.35. The van der Waals surface area contributed by atoms with E-state index in [4.69, 9.17) is 0 Å². The SMILES string of the molecule is CS(=O)(=O)Nc1nnc2cccnn12. The Balaban J connectivity index is 2.54. The van der Waals surface area contributed by atoms with E-state index in [0.717, 1.165) is 6.26 Å². The van der Waals surface area contributed by atoms with Crippen molar-refractivity contribution in [1.29, 1.82) is 0 Å². The fourth-order valence-electron chi connectivity index (χ4n) is 0.973. The highest BCUT2D eigenvalue weighted by Gasteiger charge is 2.09. The summed E-state index contributed by atoms with van der Waals surface area (Å²) in [5.74, 6) is 0.0862. The van der Waals surface area contributed by atoms with Crippen molar-refractivity contribution >= 4 is 21.6 Å². The van der Waals surface area contributed by atoms with Gasteiger partial charge in [0, 0.05) is 6.20 Å². The molecule has 14 heavy (non-hydrogen) atoms. The Morgan fingerprint density at radius 2 is 2.21 bits per heavy atom. The summed E-state index contributed by atoms with van der Waals surface area (Å²) in [5, 5.41) is 11.3. The molecule has 0 saturated carbocycles. The molecule has 0 atom stereocenters. The Kier molecular flexibility index (Phi) is 1.84. The average molecular weight is 213 g/mol. The molecule has 0 unspecified atom stereocenters. The Labute approximate surface area is 79.8 Å². The topological polar surface area (TPSA) is 89.2 Å². The standard InChI is InChI=1S/C6H7N5O2S/c1-14(12,13)10-6-9-8-5-3-2-4-7-11(5)6/h2-4H,1H3,(H,9,10). The molecule has 0 saturated heterocycles. The summed E-state index contributed by atoms with van der Waals surface area (Å²) >= 11 is 0. The molecule has 2 aromatic rings. The second-order valence-electron chi connectivity index (χ2n) is 2.69. The first-order valence-corrected chi connectivity index (χ1v) is 5.60. The van der Waals surface area contributed by atoms with E-state index < -0.39 is 10.0 Å². The molecule has 74 valence electrons. The van der Waals surface area contributed by atoms with Gasteiger partial charge in [0.05, 0.1) is 6.26 Å². The number of hydrogen-bond donors (Lipinski definition) is 1. The van der Waals surface area contributed by atoms with Crippen molar-refractivity contribution in [2.75, 3.05) is 11.0 Å². The van der Waals surface area contributed by atoms with Gasteiger partial charge in [0.1, 0.15) is 0 Å². The molecule has 0 aliphatic carbocycles. The van der Waals surface area contributed by atoms with E-state index in [1.54, 1.807) is 12.1 Å². The van der Waals surface area contributed by atoms with Gasteiger partial charge in [-0.25, -0.2) is 13.1 Å². The van der Waals surface area contributed by atoms with Crippen LogP contribution in [0.4, 0.5) is 5.95 Å². The van der Waals surface area contributed by atoms with E-state index in [9.17, 15) is 8.42 Å². The Morgan fingerprint density at radius 3 is 2.93 bits per heavy atom. The monoisotopic (exact) mass is 213 g/mol. The number of aromatic nitrogens is 4. The molecule has 2 aromatic heterocycles. The maximum atomic E-state index is 10.9. The summed E-state index contributed by atoms with van der Waals surface area (Å²) in [6.45, 7) is 0. The minimum Gasteiger partial charge on any atom is -0.250 e. The zero-order valence-corrected chi connectivity index (χ0v) is 8.06. The first-order chi connectivity index (χ1) is 6.56. The average Bonchev–Trinajstić information content (AvgIpc) is 2.47. The molecule has 0 aromatic carbocycles. The summed E-state index contributed by atoms with van der Waals surface area (Å²) in [6, 6.07) is 3.36. The van der Waals surface area contributed by atoms with Gasteiger partial charge in [0.15, 0.2) is 5.65 Å². The van der Waals surface area contributed by atoms with E-state index in [-0.39, 0.29) is 5.95 Å². The van der Waals surface area contributed by atoms with Gasteiger partial charge < -0.3 is 0 Å². The quantitative estimate of drug-likeness (QED) is 0.726. The van der Waals surface area contributed by atoms with E-state index in [2.05, 4.69) is 20.0 Å². The zero-order chi connectivity index (χ0) is 10.2. The third kappa shape index (κ3) is 1.64. The summed E-state index contributed by atoms with van der Waals surface area (Å²) < 4.78 is 25.4. The van der Waals surface area contributed by atoms with Crippen molar-refractivity contribution in [3.8, 4) is 0 Å². The zero-order valence-electron chi connectivity index (χ0n) is 7.25. The highest BCUT2D eigenvalue weighted by Crippen LogP contribution is 2.05. The highest BCUT2D eigenvalue weighted by molar-refractivity contribution is 7.91. The van der Waals surface area contributed by atoms with Gasteiger partial charge in [-0.3, -0.25) is 0 Å². The number of hydrogen-bond acceptors (Lipinski definition) is 5. The molecule has 0 amide bonds. The molecule has 1 N–H and O–H groups in total. The van der Waals surface area contributed by atoms with Crippen LogP contribution in [0.1, 0.15) is 0 Å². The van der Waals surface area contributed by atoms with Gasteiger partial charge in [-0.15, -0.1) is 10.2 Å². The van der Waals surface area contributed by atoms with Crippen LogP contribution < -0.4 is 4.72 Å². The van der Waals surface area contributed by atoms with Crippen LogP contribution in [-0.2, 0) is 10.0 Å². The number of fused-ring (bicyclic) bond motifs is 1. The maximum Gasteiger partial charge on any atom is 0.259 e. The van der Waals surface area contributed by atoms with Gasteiger partial charge in [0.2, 0.25) is 10.0 Å². The molecule has 0 radical (unpaired) electrons. The Morgan fingerprint density at radius 1 is 1.43 bits per heavy atom. The lowest BCUT2D eigenvalue weighted by Crippen LogP contribution is -2.12. The normalized spacial score (nSPS) is 11.8. The predicted molar refractivity (Wildman–Crippen MR) is 49.2 cm³/mol. The van der Waals surface area contributed by atoms with Gasteiger partial charge in [-0.05, 0) is 12.1 Å². The smallest absolute Gasteiger partial charge is 0.250 e. The van der Waals surface area contributed by atoms with E-state index in [0.29, 0.717) is 5.65 Å². The third-order valence-corrected chi connectivity index (χ3v) is 2.01. The van der Waals surface area contributed by atoms with E-state index in [1.807, 2.05) is 0 Å². The van der Waals surface area contributed by atoms with Crippen molar-refractivity contribution in [3.63, 3.8) is 0 Å². The first kappa shape index (κ1) is 8.88. The van der Waals surface area contributed by atoms with Crippen LogP contribution in [-0.4, -0.2) is 34.5 Å². The van der Waals surface area contributed by atoms with Crippen LogP contribution in [0.3, 0.4) is 0 Å². The number of sulfonamides is 1. The predicted octanol–water partition coefficient (Wildman–Crippen LogP) is -0.504. The highest BCUT2D eigenvalue weighted by atomic mass is 32.2. The Hall–Kier alpha value is -1.70.